The van der Waals surface area contributed by atoms with Crippen molar-refractivity contribution in [3.05, 3.63) is 51.8 Å². The summed E-state index contributed by atoms with van der Waals surface area (Å²) < 4.78 is 1.92. The quantitative estimate of drug-likeness (QED) is 0.925. The molecule has 0 spiro atoms. The summed E-state index contributed by atoms with van der Waals surface area (Å²) in [4.78, 5) is 0. The van der Waals surface area contributed by atoms with Crippen molar-refractivity contribution in [3.8, 4) is 0 Å². The van der Waals surface area contributed by atoms with Gasteiger partial charge in [-0.2, -0.15) is 5.10 Å². The molecule has 0 aliphatic carbocycles. The van der Waals surface area contributed by atoms with Crippen LogP contribution in [0.1, 0.15) is 28.6 Å². The third kappa shape index (κ3) is 2.28. The Morgan fingerprint density at radius 1 is 1.33 bits per heavy atom. The summed E-state index contributed by atoms with van der Waals surface area (Å²) >= 11 is 6.19. The van der Waals surface area contributed by atoms with Crippen molar-refractivity contribution in [1.29, 1.82) is 0 Å². The van der Waals surface area contributed by atoms with Crippen molar-refractivity contribution in [2.45, 2.75) is 26.8 Å². The molecule has 1 unspecified atom stereocenters. The van der Waals surface area contributed by atoms with Crippen LogP contribution in [0.5, 0.6) is 0 Å². The van der Waals surface area contributed by atoms with Gasteiger partial charge in [0.1, 0.15) is 0 Å². The van der Waals surface area contributed by atoms with Gasteiger partial charge in [-0.3, -0.25) is 4.68 Å². The van der Waals surface area contributed by atoms with E-state index in [4.69, 9.17) is 17.3 Å². The molecule has 0 saturated heterocycles. The molecule has 4 heteroatoms. The number of hydrogen-bond acceptors (Lipinski definition) is 2. The number of nitrogens with two attached hydrogens (primary N) is 1. The molecular formula is C14H18ClN3. The van der Waals surface area contributed by atoms with Gasteiger partial charge in [0.05, 0.1) is 22.5 Å². The minimum absolute atomic E-state index is 0.0381. The molecule has 2 rings (SSSR count). The Morgan fingerprint density at radius 3 is 2.56 bits per heavy atom. The molecule has 0 radical (unpaired) electrons. The van der Waals surface area contributed by atoms with Crippen molar-refractivity contribution in [2.75, 3.05) is 6.54 Å². The lowest BCUT2D eigenvalue weighted by molar-refractivity contribution is 0.516. The van der Waals surface area contributed by atoms with E-state index < -0.39 is 0 Å². The fourth-order valence-corrected chi connectivity index (χ4v) is 2.33. The first-order valence-corrected chi connectivity index (χ1v) is 6.40. The van der Waals surface area contributed by atoms with Crippen molar-refractivity contribution in [3.63, 3.8) is 0 Å². The maximum Gasteiger partial charge on any atom is 0.0894 e. The van der Waals surface area contributed by atoms with Crippen molar-refractivity contribution in [1.82, 2.24) is 9.78 Å². The molecule has 0 fully saturated rings. The Labute approximate surface area is 113 Å². The van der Waals surface area contributed by atoms with Gasteiger partial charge in [-0.15, -0.1) is 0 Å². The van der Waals surface area contributed by atoms with Crippen LogP contribution in [-0.2, 0) is 0 Å². The SMILES string of the molecule is Cc1cccc(C(CN)n2nc(C)c(Cl)c2C)c1. The molecule has 0 aliphatic heterocycles. The fraction of sp³-hybridized carbons (Fsp3) is 0.357. The first kappa shape index (κ1) is 13.1. The highest BCUT2D eigenvalue weighted by molar-refractivity contribution is 6.31. The first-order valence-electron chi connectivity index (χ1n) is 6.02. The second kappa shape index (κ2) is 5.12. The number of hydrogen-bond donors (Lipinski definition) is 1. The monoisotopic (exact) mass is 263 g/mol. The maximum absolute atomic E-state index is 6.19. The zero-order chi connectivity index (χ0) is 13.3. The summed E-state index contributed by atoms with van der Waals surface area (Å²) in [6.07, 6.45) is 0. The molecule has 2 N–H and O–H groups in total. The molecule has 0 amide bonds. The summed E-state index contributed by atoms with van der Waals surface area (Å²) in [7, 11) is 0. The molecule has 2 aromatic rings. The first-order chi connectivity index (χ1) is 8.54. The summed E-state index contributed by atoms with van der Waals surface area (Å²) in [6.45, 7) is 6.46. The van der Waals surface area contributed by atoms with E-state index in [0.717, 1.165) is 16.4 Å². The number of aromatic nitrogens is 2. The predicted octanol–water partition coefficient (Wildman–Crippen LogP) is 3.01. The highest BCUT2D eigenvalue weighted by Gasteiger charge is 2.18. The van der Waals surface area contributed by atoms with Gasteiger partial charge in [-0.25, -0.2) is 0 Å². The normalized spacial score (nSPS) is 12.7. The van der Waals surface area contributed by atoms with Crippen LogP contribution >= 0.6 is 11.6 Å². The maximum atomic E-state index is 6.19. The third-order valence-electron chi connectivity index (χ3n) is 3.18. The molecular weight excluding hydrogens is 246 g/mol. The lowest BCUT2D eigenvalue weighted by atomic mass is 10.0. The third-order valence-corrected chi connectivity index (χ3v) is 3.73. The van der Waals surface area contributed by atoms with Gasteiger partial charge in [-0.1, -0.05) is 41.4 Å². The van der Waals surface area contributed by atoms with E-state index in [9.17, 15) is 0 Å². The van der Waals surface area contributed by atoms with E-state index in [1.807, 2.05) is 24.6 Å². The zero-order valence-corrected chi connectivity index (χ0v) is 11.7. The topological polar surface area (TPSA) is 43.8 Å². The second-order valence-corrected chi connectivity index (χ2v) is 4.97. The molecule has 1 heterocycles. The average Bonchev–Trinajstić information content (AvgIpc) is 2.59. The molecule has 1 aromatic heterocycles. The van der Waals surface area contributed by atoms with Crippen LogP contribution in [0.2, 0.25) is 5.02 Å². The number of nitrogens with zero attached hydrogens (tertiary/aromatic N) is 2. The lowest BCUT2D eigenvalue weighted by Gasteiger charge is -2.18. The van der Waals surface area contributed by atoms with Crippen LogP contribution in [0.3, 0.4) is 0 Å². The lowest BCUT2D eigenvalue weighted by Crippen LogP contribution is -2.22. The Balaban J connectivity index is 2.48. The largest absolute Gasteiger partial charge is 0.328 e. The van der Waals surface area contributed by atoms with E-state index in [-0.39, 0.29) is 6.04 Å². The molecule has 1 atom stereocenters. The van der Waals surface area contributed by atoms with Crippen LogP contribution in [0.4, 0.5) is 0 Å². The highest BCUT2D eigenvalue weighted by atomic mass is 35.5. The van der Waals surface area contributed by atoms with Gasteiger partial charge >= 0.3 is 0 Å². The van der Waals surface area contributed by atoms with Gasteiger partial charge in [-0.05, 0) is 26.3 Å². The average molecular weight is 264 g/mol. The fourth-order valence-electron chi connectivity index (χ4n) is 2.20. The summed E-state index contributed by atoms with van der Waals surface area (Å²) in [5.74, 6) is 0. The minimum Gasteiger partial charge on any atom is -0.328 e. The minimum atomic E-state index is 0.0381. The number of halogens is 1. The van der Waals surface area contributed by atoms with Crippen LogP contribution in [0.15, 0.2) is 24.3 Å². The van der Waals surface area contributed by atoms with Crippen LogP contribution in [0.25, 0.3) is 0 Å². The Hall–Kier alpha value is -1.32. The van der Waals surface area contributed by atoms with Gasteiger partial charge in [0.15, 0.2) is 0 Å². The predicted molar refractivity (Wildman–Crippen MR) is 75.1 cm³/mol. The van der Waals surface area contributed by atoms with E-state index >= 15 is 0 Å². The Bertz CT molecular complexity index is 560. The standard InChI is InChI=1S/C14H18ClN3/c1-9-5-4-6-12(7-9)13(8-16)18-11(3)14(15)10(2)17-18/h4-7,13H,8,16H2,1-3H3. The number of aryl methyl sites for hydroxylation is 2. The summed E-state index contributed by atoms with van der Waals surface area (Å²) in [5, 5.41) is 5.21. The zero-order valence-electron chi connectivity index (χ0n) is 10.9. The second-order valence-electron chi connectivity index (χ2n) is 4.60. The highest BCUT2D eigenvalue weighted by Crippen LogP contribution is 2.25. The Kier molecular flexibility index (Phi) is 3.73. The van der Waals surface area contributed by atoms with Crippen LogP contribution in [0, 0.1) is 20.8 Å². The molecule has 3 nitrogen and oxygen atoms in total. The van der Waals surface area contributed by atoms with E-state index in [2.05, 4.69) is 30.2 Å². The van der Waals surface area contributed by atoms with E-state index in [1.165, 1.54) is 11.1 Å². The smallest absolute Gasteiger partial charge is 0.0894 e. The summed E-state index contributed by atoms with van der Waals surface area (Å²) in [5.41, 5.74) is 10.1. The molecule has 0 saturated carbocycles. The molecule has 1 aromatic carbocycles. The van der Waals surface area contributed by atoms with Crippen LogP contribution in [-0.4, -0.2) is 16.3 Å². The van der Waals surface area contributed by atoms with Gasteiger partial charge in [0, 0.05) is 6.54 Å². The van der Waals surface area contributed by atoms with Crippen molar-refractivity contribution >= 4 is 11.6 Å². The van der Waals surface area contributed by atoms with Gasteiger partial charge in [0.25, 0.3) is 0 Å². The Morgan fingerprint density at radius 2 is 2.06 bits per heavy atom. The van der Waals surface area contributed by atoms with E-state index in [1.54, 1.807) is 0 Å². The van der Waals surface area contributed by atoms with Crippen molar-refractivity contribution < 1.29 is 0 Å². The van der Waals surface area contributed by atoms with Crippen molar-refractivity contribution in [2.24, 2.45) is 5.73 Å². The van der Waals surface area contributed by atoms with E-state index in [0.29, 0.717) is 6.54 Å². The van der Waals surface area contributed by atoms with Crippen LogP contribution < -0.4 is 5.73 Å². The molecule has 0 aliphatic rings. The number of rotatable bonds is 3. The molecule has 96 valence electrons. The molecule has 0 bridgehead atoms. The molecule has 18 heavy (non-hydrogen) atoms. The summed E-state index contributed by atoms with van der Waals surface area (Å²) in [6, 6.07) is 8.37. The van der Waals surface area contributed by atoms with Gasteiger partial charge in [0.2, 0.25) is 0 Å². The number of benzene rings is 1. The van der Waals surface area contributed by atoms with Gasteiger partial charge < -0.3 is 5.73 Å².